The highest BCUT2D eigenvalue weighted by Crippen LogP contribution is 2.39. The van der Waals surface area contributed by atoms with E-state index in [9.17, 15) is 14.9 Å². The number of hydrogen-bond acceptors (Lipinski definition) is 4. The van der Waals surface area contributed by atoms with Crippen LogP contribution in [0, 0.1) is 16.7 Å². The summed E-state index contributed by atoms with van der Waals surface area (Å²) in [6, 6.07) is 2.15. The lowest BCUT2D eigenvalue weighted by Crippen LogP contribution is -2.44. The zero-order valence-corrected chi connectivity index (χ0v) is 11.1. The van der Waals surface area contributed by atoms with Crippen molar-refractivity contribution in [1.82, 2.24) is 4.90 Å². The van der Waals surface area contributed by atoms with Crippen molar-refractivity contribution in [3.8, 4) is 6.07 Å². The number of carbonyl (C=O) groups excluding carboxylic acids is 2. The van der Waals surface area contributed by atoms with Gasteiger partial charge in [0.1, 0.15) is 12.0 Å². The molecule has 0 unspecified atom stereocenters. The highest BCUT2D eigenvalue weighted by atomic mass is 16.5. The summed E-state index contributed by atoms with van der Waals surface area (Å²) in [6.45, 7) is 4.18. The summed E-state index contributed by atoms with van der Waals surface area (Å²) >= 11 is 0. The van der Waals surface area contributed by atoms with E-state index < -0.39 is 11.4 Å². The molecule has 0 aromatic heterocycles. The molecule has 1 fully saturated rings. The Labute approximate surface area is 108 Å². The Morgan fingerprint density at radius 1 is 1.33 bits per heavy atom. The molecule has 0 radical (unpaired) electrons. The molecule has 0 spiro atoms. The highest BCUT2D eigenvalue weighted by Gasteiger charge is 2.44. The van der Waals surface area contributed by atoms with E-state index in [0.717, 1.165) is 12.8 Å². The van der Waals surface area contributed by atoms with Crippen molar-refractivity contribution in [3.63, 3.8) is 0 Å². The second-order valence-electron chi connectivity index (χ2n) is 4.53. The minimum atomic E-state index is -0.914. The number of esters is 1. The Balaban J connectivity index is 2.73. The summed E-state index contributed by atoms with van der Waals surface area (Å²) < 4.78 is 4.84. The summed E-state index contributed by atoms with van der Waals surface area (Å²) in [5.41, 5.74) is -0.914. The second kappa shape index (κ2) is 6.39. The zero-order valence-electron chi connectivity index (χ0n) is 11.1. The van der Waals surface area contributed by atoms with E-state index in [1.54, 1.807) is 13.8 Å². The SMILES string of the molecule is CCOC(=O)CN(CC)C(=O)C1(C#N)CCCC1. The summed E-state index contributed by atoms with van der Waals surface area (Å²) in [4.78, 5) is 25.2. The number of amides is 1. The molecule has 0 saturated heterocycles. The van der Waals surface area contributed by atoms with Crippen molar-refractivity contribution in [2.24, 2.45) is 5.41 Å². The molecule has 0 bridgehead atoms. The summed E-state index contributed by atoms with van der Waals surface area (Å²) in [7, 11) is 0. The number of carbonyl (C=O) groups is 2. The van der Waals surface area contributed by atoms with Crippen molar-refractivity contribution >= 4 is 11.9 Å². The predicted octanol–water partition coefficient (Wildman–Crippen LogP) is 1.48. The number of rotatable bonds is 5. The van der Waals surface area contributed by atoms with Crippen LogP contribution >= 0.6 is 0 Å². The van der Waals surface area contributed by atoms with Gasteiger partial charge in [-0.15, -0.1) is 0 Å². The fourth-order valence-corrected chi connectivity index (χ4v) is 2.34. The van der Waals surface area contributed by atoms with Gasteiger partial charge in [-0.3, -0.25) is 9.59 Å². The van der Waals surface area contributed by atoms with Crippen LogP contribution in [0.25, 0.3) is 0 Å². The fourth-order valence-electron chi connectivity index (χ4n) is 2.34. The van der Waals surface area contributed by atoms with Gasteiger partial charge in [0.05, 0.1) is 12.7 Å². The molecule has 0 aromatic rings. The Morgan fingerprint density at radius 2 is 1.94 bits per heavy atom. The Bertz CT molecular complexity index is 354. The van der Waals surface area contributed by atoms with Gasteiger partial charge in [0.2, 0.25) is 5.91 Å². The molecule has 1 saturated carbocycles. The minimum absolute atomic E-state index is 0.0629. The molecule has 0 N–H and O–H groups in total. The molecule has 0 atom stereocenters. The van der Waals surface area contributed by atoms with Crippen LogP contribution in [0.5, 0.6) is 0 Å². The Kier molecular flexibility index (Phi) is 5.14. The van der Waals surface area contributed by atoms with Gasteiger partial charge in [-0.25, -0.2) is 0 Å². The van der Waals surface area contributed by atoms with Crippen LogP contribution in [0.15, 0.2) is 0 Å². The first-order valence-corrected chi connectivity index (χ1v) is 6.46. The van der Waals surface area contributed by atoms with Crippen LogP contribution in [0.1, 0.15) is 39.5 Å². The largest absolute Gasteiger partial charge is 0.465 e. The van der Waals surface area contributed by atoms with Crippen molar-refractivity contribution in [2.75, 3.05) is 19.7 Å². The van der Waals surface area contributed by atoms with Gasteiger partial charge in [0.25, 0.3) is 0 Å². The number of nitriles is 1. The van der Waals surface area contributed by atoms with Crippen molar-refractivity contribution in [1.29, 1.82) is 5.26 Å². The maximum absolute atomic E-state index is 12.4. The molecule has 5 nitrogen and oxygen atoms in total. The highest BCUT2D eigenvalue weighted by molar-refractivity contribution is 5.88. The lowest BCUT2D eigenvalue weighted by atomic mass is 9.86. The smallest absolute Gasteiger partial charge is 0.325 e. The summed E-state index contributed by atoms with van der Waals surface area (Å²) in [6.07, 6.45) is 3.00. The van der Waals surface area contributed by atoms with Gasteiger partial charge in [-0.05, 0) is 26.7 Å². The molecule has 0 aromatic carbocycles. The molecule has 1 aliphatic carbocycles. The van der Waals surface area contributed by atoms with E-state index in [0.29, 0.717) is 26.0 Å². The average Bonchev–Trinajstić information content (AvgIpc) is 2.85. The maximum Gasteiger partial charge on any atom is 0.325 e. The summed E-state index contributed by atoms with van der Waals surface area (Å²) in [5, 5.41) is 9.26. The van der Waals surface area contributed by atoms with Crippen LogP contribution in [0.2, 0.25) is 0 Å². The molecule has 1 amide bonds. The number of ether oxygens (including phenoxy) is 1. The van der Waals surface area contributed by atoms with Gasteiger partial charge in [0, 0.05) is 6.54 Å². The molecular weight excluding hydrogens is 232 g/mol. The van der Waals surface area contributed by atoms with Crippen LogP contribution in [0.3, 0.4) is 0 Å². The van der Waals surface area contributed by atoms with E-state index in [-0.39, 0.29) is 12.5 Å². The number of hydrogen-bond donors (Lipinski definition) is 0. The first kappa shape index (κ1) is 14.5. The van der Waals surface area contributed by atoms with Crippen LogP contribution in [-0.4, -0.2) is 36.5 Å². The van der Waals surface area contributed by atoms with E-state index in [1.807, 2.05) is 0 Å². The number of nitrogens with zero attached hydrogens (tertiary/aromatic N) is 2. The average molecular weight is 252 g/mol. The number of likely N-dealkylation sites (N-methyl/N-ethyl adjacent to an activating group) is 1. The topological polar surface area (TPSA) is 70.4 Å². The third kappa shape index (κ3) is 3.00. The first-order chi connectivity index (χ1) is 8.59. The molecule has 18 heavy (non-hydrogen) atoms. The third-order valence-electron chi connectivity index (χ3n) is 3.37. The van der Waals surface area contributed by atoms with E-state index in [1.165, 1.54) is 4.90 Å². The van der Waals surface area contributed by atoms with Crippen LogP contribution in [0.4, 0.5) is 0 Å². The Morgan fingerprint density at radius 3 is 2.39 bits per heavy atom. The lowest BCUT2D eigenvalue weighted by molar-refractivity contribution is -0.151. The van der Waals surface area contributed by atoms with Crippen LogP contribution < -0.4 is 0 Å². The maximum atomic E-state index is 12.4. The van der Waals surface area contributed by atoms with Gasteiger partial charge < -0.3 is 9.64 Å². The molecular formula is C13H20N2O3. The quantitative estimate of drug-likeness (QED) is 0.695. The first-order valence-electron chi connectivity index (χ1n) is 6.46. The molecule has 0 heterocycles. The van der Waals surface area contributed by atoms with Crippen molar-refractivity contribution < 1.29 is 14.3 Å². The molecule has 100 valence electrons. The molecule has 1 rings (SSSR count). The molecule has 5 heteroatoms. The van der Waals surface area contributed by atoms with Gasteiger partial charge in [-0.1, -0.05) is 12.8 Å². The Hall–Kier alpha value is -1.57. The van der Waals surface area contributed by atoms with Gasteiger partial charge in [-0.2, -0.15) is 5.26 Å². The van der Waals surface area contributed by atoms with Gasteiger partial charge in [0.15, 0.2) is 0 Å². The molecule has 1 aliphatic rings. The summed E-state index contributed by atoms with van der Waals surface area (Å²) in [5.74, 6) is -0.642. The van der Waals surface area contributed by atoms with Gasteiger partial charge >= 0.3 is 5.97 Å². The monoisotopic (exact) mass is 252 g/mol. The van der Waals surface area contributed by atoms with Crippen molar-refractivity contribution in [3.05, 3.63) is 0 Å². The normalized spacial score (nSPS) is 16.9. The van der Waals surface area contributed by atoms with Crippen LogP contribution in [-0.2, 0) is 14.3 Å². The van der Waals surface area contributed by atoms with E-state index >= 15 is 0 Å². The second-order valence-corrected chi connectivity index (χ2v) is 4.53. The predicted molar refractivity (Wildman–Crippen MR) is 65.4 cm³/mol. The van der Waals surface area contributed by atoms with E-state index in [2.05, 4.69) is 6.07 Å². The van der Waals surface area contributed by atoms with E-state index in [4.69, 9.17) is 4.74 Å². The minimum Gasteiger partial charge on any atom is -0.465 e. The fraction of sp³-hybridized carbons (Fsp3) is 0.769. The third-order valence-corrected chi connectivity index (χ3v) is 3.37. The zero-order chi connectivity index (χ0) is 13.6. The van der Waals surface area contributed by atoms with Crippen molar-refractivity contribution in [2.45, 2.75) is 39.5 Å². The standard InChI is InChI=1S/C13H20N2O3/c1-3-15(9-11(16)18-4-2)12(17)13(10-14)7-5-6-8-13/h3-9H2,1-2H3. The molecule has 0 aliphatic heterocycles. The lowest BCUT2D eigenvalue weighted by Gasteiger charge is -2.28.